The molecule has 0 radical (unpaired) electrons. The van der Waals surface area contributed by atoms with Gasteiger partial charge < -0.3 is 9.52 Å². The number of aliphatic hydroxyl groups excluding tert-OH is 1. The summed E-state index contributed by atoms with van der Waals surface area (Å²) in [5.74, 6) is 1.15. The highest BCUT2D eigenvalue weighted by atomic mass is 16.4. The van der Waals surface area contributed by atoms with Gasteiger partial charge in [-0.15, -0.1) is 0 Å². The Morgan fingerprint density at radius 3 is 2.64 bits per heavy atom. The summed E-state index contributed by atoms with van der Waals surface area (Å²) in [5, 5.41) is 8.78. The lowest BCUT2D eigenvalue weighted by Gasteiger charge is -1.95. The van der Waals surface area contributed by atoms with E-state index in [0.717, 1.165) is 5.56 Å². The van der Waals surface area contributed by atoms with Crippen molar-refractivity contribution in [3.05, 3.63) is 53.7 Å². The van der Waals surface area contributed by atoms with Crippen molar-refractivity contribution in [3.63, 3.8) is 0 Å². The molecule has 2 aromatic rings. The largest absolute Gasteiger partial charge is 0.443 e. The molecule has 0 fully saturated rings. The first-order valence-electron chi connectivity index (χ1n) is 4.47. The monoisotopic (exact) mass is 189 g/mol. The molecule has 3 nitrogen and oxygen atoms in total. The van der Waals surface area contributed by atoms with E-state index >= 15 is 0 Å². The molecule has 1 aromatic heterocycles. The zero-order valence-electron chi connectivity index (χ0n) is 7.68. The van der Waals surface area contributed by atoms with Crippen molar-refractivity contribution in [2.75, 3.05) is 0 Å². The van der Waals surface area contributed by atoms with E-state index in [1.54, 1.807) is 6.20 Å². The van der Waals surface area contributed by atoms with E-state index in [2.05, 4.69) is 4.98 Å². The van der Waals surface area contributed by atoms with Crippen LogP contribution in [0.5, 0.6) is 0 Å². The summed E-state index contributed by atoms with van der Waals surface area (Å²) in [7, 11) is 0. The number of hydrogen-bond donors (Lipinski definition) is 1. The van der Waals surface area contributed by atoms with Crippen LogP contribution in [-0.2, 0) is 13.0 Å². The maximum atomic E-state index is 8.78. The summed E-state index contributed by atoms with van der Waals surface area (Å²) in [6.07, 6.45) is 2.22. The molecule has 1 heterocycles. The number of oxazole rings is 1. The maximum Gasteiger partial charge on any atom is 0.198 e. The van der Waals surface area contributed by atoms with Crippen molar-refractivity contribution in [2.45, 2.75) is 13.0 Å². The van der Waals surface area contributed by atoms with Crippen LogP contribution in [0.15, 0.2) is 40.9 Å². The molecular weight excluding hydrogens is 178 g/mol. The Bertz CT molecular complexity index is 395. The van der Waals surface area contributed by atoms with Crippen LogP contribution in [-0.4, -0.2) is 10.1 Å². The Hall–Kier alpha value is -1.61. The normalized spacial score (nSPS) is 10.4. The van der Waals surface area contributed by atoms with Gasteiger partial charge in [-0.2, -0.15) is 0 Å². The Labute approximate surface area is 82.0 Å². The number of benzene rings is 1. The van der Waals surface area contributed by atoms with Gasteiger partial charge in [0.2, 0.25) is 0 Å². The molecule has 0 saturated carbocycles. The molecule has 0 aliphatic rings. The van der Waals surface area contributed by atoms with Gasteiger partial charge in [-0.25, -0.2) is 4.98 Å². The van der Waals surface area contributed by atoms with Gasteiger partial charge in [0, 0.05) is 6.42 Å². The van der Waals surface area contributed by atoms with Crippen molar-refractivity contribution in [3.8, 4) is 0 Å². The molecule has 1 aromatic carbocycles. The Morgan fingerprint density at radius 2 is 2.00 bits per heavy atom. The predicted octanol–water partition coefficient (Wildman–Crippen LogP) is 1.76. The number of nitrogens with zero attached hydrogens (tertiary/aromatic N) is 1. The van der Waals surface area contributed by atoms with Gasteiger partial charge in [-0.1, -0.05) is 30.3 Å². The quantitative estimate of drug-likeness (QED) is 0.800. The molecule has 1 N–H and O–H groups in total. The first-order valence-corrected chi connectivity index (χ1v) is 4.47. The number of aromatic nitrogens is 1. The summed E-state index contributed by atoms with van der Waals surface area (Å²) < 4.78 is 5.28. The Kier molecular flexibility index (Phi) is 2.60. The van der Waals surface area contributed by atoms with Crippen LogP contribution in [0.3, 0.4) is 0 Å². The highest BCUT2D eigenvalue weighted by Crippen LogP contribution is 2.09. The SMILES string of the molecule is OCc1cnc(Cc2ccccc2)o1. The van der Waals surface area contributed by atoms with Crippen LogP contribution in [0.4, 0.5) is 0 Å². The van der Waals surface area contributed by atoms with Gasteiger partial charge in [0.25, 0.3) is 0 Å². The van der Waals surface area contributed by atoms with Crippen LogP contribution < -0.4 is 0 Å². The molecule has 0 bridgehead atoms. The summed E-state index contributed by atoms with van der Waals surface area (Å²) in [6.45, 7) is -0.0954. The molecule has 0 spiro atoms. The average molecular weight is 189 g/mol. The van der Waals surface area contributed by atoms with E-state index in [1.165, 1.54) is 0 Å². The van der Waals surface area contributed by atoms with Crippen molar-refractivity contribution in [1.82, 2.24) is 4.98 Å². The average Bonchev–Trinajstić information content (AvgIpc) is 2.67. The lowest BCUT2D eigenvalue weighted by molar-refractivity contribution is 0.244. The van der Waals surface area contributed by atoms with Gasteiger partial charge in [0.1, 0.15) is 12.4 Å². The van der Waals surface area contributed by atoms with E-state index in [1.807, 2.05) is 30.3 Å². The smallest absolute Gasteiger partial charge is 0.198 e. The highest BCUT2D eigenvalue weighted by Gasteiger charge is 2.03. The summed E-state index contributed by atoms with van der Waals surface area (Å²) in [6, 6.07) is 9.96. The Morgan fingerprint density at radius 1 is 1.21 bits per heavy atom. The van der Waals surface area contributed by atoms with Crippen molar-refractivity contribution in [1.29, 1.82) is 0 Å². The van der Waals surface area contributed by atoms with E-state index in [-0.39, 0.29) is 6.61 Å². The number of rotatable bonds is 3. The molecule has 14 heavy (non-hydrogen) atoms. The zero-order chi connectivity index (χ0) is 9.80. The second-order valence-electron chi connectivity index (χ2n) is 3.04. The molecule has 0 saturated heterocycles. The molecule has 72 valence electrons. The fraction of sp³-hybridized carbons (Fsp3) is 0.182. The number of aliphatic hydroxyl groups is 1. The third-order valence-electron chi connectivity index (χ3n) is 1.96. The van der Waals surface area contributed by atoms with Crippen molar-refractivity contribution in [2.24, 2.45) is 0 Å². The van der Waals surface area contributed by atoms with E-state index in [4.69, 9.17) is 9.52 Å². The topological polar surface area (TPSA) is 46.3 Å². The molecule has 0 amide bonds. The lowest BCUT2D eigenvalue weighted by atomic mass is 10.2. The molecular formula is C11H11NO2. The summed E-state index contributed by atoms with van der Waals surface area (Å²) in [5.41, 5.74) is 1.15. The zero-order valence-corrected chi connectivity index (χ0v) is 7.68. The second kappa shape index (κ2) is 4.07. The first kappa shape index (κ1) is 8.97. The van der Waals surface area contributed by atoms with E-state index in [0.29, 0.717) is 18.1 Å². The third-order valence-corrected chi connectivity index (χ3v) is 1.96. The number of hydrogen-bond acceptors (Lipinski definition) is 3. The van der Waals surface area contributed by atoms with Crippen LogP contribution in [0.25, 0.3) is 0 Å². The fourth-order valence-corrected chi connectivity index (χ4v) is 1.27. The maximum absolute atomic E-state index is 8.78. The molecule has 0 aliphatic carbocycles. The third kappa shape index (κ3) is 2.00. The minimum Gasteiger partial charge on any atom is -0.443 e. The van der Waals surface area contributed by atoms with Crippen LogP contribution >= 0.6 is 0 Å². The minimum absolute atomic E-state index is 0.0954. The summed E-state index contributed by atoms with van der Waals surface area (Å²) in [4.78, 5) is 4.06. The van der Waals surface area contributed by atoms with Crippen molar-refractivity contribution < 1.29 is 9.52 Å². The Balaban J connectivity index is 2.11. The van der Waals surface area contributed by atoms with Gasteiger partial charge >= 0.3 is 0 Å². The second-order valence-corrected chi connectivity index (χ2v) is 3.04. The van der Waals surface area contributed by atoms with Gasteiger partial charge in [-0.05, 0) is 5.56 Å². The van der Waals surface area contributed by atoms with Crippen LogP contribution in [0, 0.1) is 0 Å². The molecule has 0 atom stereocenters. The molecule has 0 aliphatic heterocycles. The lowest BCUT2D eigenvalue weighted by Crippen LogP contribution is -1.86. The van der Waals surface area contributed by atoms with Crippen LogP contribution in [0.2, 0.25) is 0 Å². The van der Waals surface area contributed by atoms with E-state index in [9.17, 15) is 0 Å². The first-order chi connectivity index (χ1) is 6.88. The minimum atomic E-state index is -0.0954. The molecule has 3 heteroatoms. The van der Waals surface area contributed by atoms with Crippen LogP contribution in [0.1, 0.15) is 17.2 Å². The molecule has 0 unspecified atom stereocenters. The highest BCUT2D eigenvalue weighted by molar-refractivity contribution is 5.18. The fourth-order valence-electron chi connectivity index (χ4n) is 1.27. The van der Waals surface area contributed by atoms with Crippen molar-refractivity contribution >= 4 is 0 Å². The predicted molar refractivity (Wildman–Crippen MR) is 51.7 cm³/mol. The standard InChI is InChI=1S/C11H11NO2/c13-8-10-7-12-11(14-10)6-9-4-2-1-3-5-9/h1-5,7,13H,6,8H2. The van der Waals surface area contributed by atoms with Gasteiger partial charge in [-0.3, -0.25) is 0 Å². The van der Waals surface area contributed by atoms with Gasteiger partial charge in [0.05, 0.1) is 6.20 Å². The van der Waals surface area contributed by atoms with E-state index < -0.39 is 0 Å². The van der Waals surface area contributed by atoms with Gasteiger partial charge in [0.15, 0.2) is 5.89 Å². The molecule has 2 rings (SSSR count). The summed E-state index contributed by atoms with van der Waals surface area (Å²) >= 11 is 0.